The van der Waals surface area contributed by atoms with E-state index in [2.05, 4.69) is 25.4 Å². The van der Waals surface area contributed by atoms with E-state index in [1.54, 1.807) is 11.9 Å². The van der Waals surface area contributed by atoms with Gasteiger partial charge in [-0.1, -0.05) is 0 Å². The SMILES string of the molecule is Cn1nc(C(=O)N2CCC2)nc1-c1nc(NCCN)ncc1F. The molecule has 0 aliphatic carbocycles. The van der Waals surface area contributed by atoms with Crippen molar-refractivity contribution in [2.45, 2.75) is 6.42 Å². The second kappa shape index (κ2) is 6.24. The topological polar surface area (TPSA) is 115 Å². The highest BCUT2D eigenvalue weighted by Gasteiger charge is 2.27. The van der Waals surface area contributed by atoms with Crippen LogP contribution in [0.5, 0.6) is 0 Å². The number of rotatable bonds is 5. The van der Waals surface area contributed by atoms with Crippen LogP contribution in [0.1, 0.15) is 17.0 Å². The van der Waals surface area contributed by atoms with Gasteiger partial charge in [0, 0.05) is 33.2 Å². The fourth-order valence-electron chi connectivity index (χ4n) is 2.14. The molecule has 0 atom stereocenters. The van der Waals surface area contributed by atoms with Crippen LogP contribution in [0.25, 0.3) is 11.5 Å². The monoisotopic (exact) mass is 320 g/mol. The number of carbonyl (C=O) groups excluding carboxylic acids is 1. The standard InChI is InChI=1S/C13H17FN8O/c1-21-11(19-10(20-21)12(23)22-5-2-6-22)9-8(14)7-17-13(18-9)16-4-3-15/h7H,2-6,15H2,1H3,(H,16,17,18). The third-order valence-corrected chi connectivity index (χ3v) is 3.48. The van der Waals surface area contributed by atoms with E-state index < -0.39 is 5.82 Å². The number of amides is 1. The summed E-state index contributed by atoms with van der Waals surface area (Å²) in [6, 6.07) is 0. The summed E-state index contributed by atoms with van der Waals surface area (Å²) in [5.41, 5.74) is 5.39. The Hall–Kier alpha value is -2.62. The molecule has 1 saturated heterocycles. The lowest BCUT2D eigenvalue weighted by Crippen LogP contribution is -2.42. The van der Waals surface area contributed by atoms with E-state index >= 15 is 0 Å². The fraction of sp³-hybridized carbons (Fsp3) is 0.462. The summed E-state index contributed by atoms with van der Waals surface area (Å²) in [5.74, 6) is -0.442. The smallest absolute Gasteiger partial charge is 0.293 e. The Balaban J connectivity index is 1.91. The van der Waals surface area contributed by atoms with Gasteiger partial charge in [-0.25, -0.2) is 24.0 Å². The highest BCUT2D eigenvalue weighted by atomic mass is 19.1. The number of aryl methyl sites for hydroxylation is 1. The summed E-state index contributed by atoms with van der Waals surface area (Å²) in [5, 5.41) is 6.94. The van der Waals surface area contributed by atoms with Gasteiger partial charge < -0.3 is 16.0 Å². The number of nitrogens with zero attached hydrogens (tertiary/aromatic N) is 6. The first kappa shape index (κ1) is 15.3. The van der Waals surface area contributed by atoms with Gasteiger partial charge in [0.1, 0.15) is 5.69 Å². The number of likely N-dealkylation sites (tertiary alicyclic amines) is 1. The van der Waals surface area contributed by atoms with E-state index in [1.165, 1.54) is 4.68 Å². The van der Waals surface area contributed by atoms with Gasteiger partial charge in [0.15, 0.2) is 11.6 Å². The molecule has 1 aliphatic heterocycles. The summed E-state index contributed by atoms with van der Waals surface area (Å²) in [7, 11) is 1.59. The number of carbonyl (C=O) groups is 1. The molecule has 122 valence electrons. The van der Waals surface area contributed by atoms with Crippen LogP contribution in [0.3, 0.4) is 0 Å². The lowest BCUT2D eigenvalue weighted by Gasteiger charge is -2.29. The number of nitrogens with one attached hydrogen (secondary N) is 1. The minimum atomic E-state index is -0.637. The van der Waals surface area contributed by atoms with Crippen molar-refractivity contribution in [3.8, 4) is 11.5 Å². The van der Waals surface area contributed by atoms with Gasteiger partial charge in [-0.2, -0.15) is 0 Å². The lowest BCUT2D eigenvalue weighted by atomic mass is 10.2. The Morgan fingerprint density at radius 1 is 1.43 bits per heavy atom. The normalized spacial score (nSPS) is 13.8. The second-order valence-corrected chi connectivity index (χ2v) is 5.13. The van der Waals surface area contributed by atoms with E-state index in [0.29, 0.717) is 26.2 Å². The summed E-state index contributed by atoms with van der Waals surface area (Å²) in [6.45, 7) is 2.25. The Kier molecular flexibility index (Phi) is 4.15. The van der Waals surface area contributed by atoms with Crippen LogP contribution < -0.4 is 11.1 Å². The zero-order chi connectivity index (χ0) is 16.4. The van der Waals surface area contributed by atoms with Gasteiger partial charge in [-0.3, -0.25) is 4.79 Å². The zero-order valence-corrected chi connectivity index (χ0v) is 12.7. The van der Waals surface area contributed by atoms with Crippen molar-refractivity contribution in [1.29, 1.82) is 0 Å². The van der Waals surface area contributed by atoms with Crippen LogP contribution in [-0.4, -0.2) is 61.7 Å². The van der Waals surface area contributed by atoms with Crippen molar-refractivity contribution in [2.24, 2.45) is 12.8 Å². The number of aromatic nitrogens is 5. The van der Waals surface area contributed by atoms with Gasteiger partial charge in [0.05, 0.1) is 6.20 Å². The molecule has 0 radical (unpaired) electrons. The third-order valence-electron chi connectivity index (χ3n) is 3.48. The molecule has 10 heteroatoms. The molecule has 3 N–H and O–H groups in total. The van der Waals surface area contributed by atoms with Crippen LogP contribution in [0, 0.1) is 5.82 Å². The van der Waals surface area contributed by atoms with Crippen molar-refractivity contribution in [3.05, 3.63) is 17.8 Å². The fourth-order valence-corrected chi connectivity index (χ4v) is 2.14. The number of halogens is 1. The summed E-state index contributed by atoms with van der Waals surface area (Å²) < 4.78 is 15.4. The maximum atomic E-state index is 14.0. The highest BCUT2D eigenvalue weighted by Crippen LogP contribution is 2.20. The Bertz CT molecular complexity index is 727. The Labute approximate surface area is 131 Å². The van der Waals surface area contributed by atoms with E-state index in [1.807, 2.05) is 0 Å². The highest BCUT2D eigenvalue weighted by molar-refractivity contribution is 5.91. The minimum Gasteiger partial charge on any atom is -0.353 e. The number of hydrogen-bond acceptors (Lipinski definition) is 7. The molecule has 1 fully saturated rings. The Morgan fingerprint density at radius 2 is 2.22 bits per heavy atom. The third kappa shape index (κ3) is 2.97. The van der Waals surface area contributed by atoms with E-state index in [0.717, 1.165) is 12.6 Å². The average molecular weight is 320 g/mol. The number of nitrogens with two attached hydrogens (primary N) is 1. The van der Waals surface area contributed by atoms with Crippen LogP contribution >= 0.6 is 0 Å². The predicted molar refractivity (Wildman–Crippen MR) is 80.1 cm³/mol. The van der Waals surface area contributed by atoms with Crippen molar-refractivity contribution in [2.75, 3.05) is 31.5 Å². The summed E-state index contributed by atoms with van der Waals surface area (Å²) in [4.78, 5) is 25.9. The van der Waals surface area contributed by atoms with E-state index in [9.17, 15) is 9.18 Å². The number of hydrogen-bond donors (Lipinski definition) is 2. The molecule has 23 heavy (non-hydrogen) atoms. The molecule has 2 aromatic heterocycles. The van der Waals surface area contributed by atoms with Gasteiger partial charge in [-0.15, -0.1) is 5.10 Å². The molecule has 1 amide bonds. The molecule has 0 aromatic carbocycles. The molecule has 0 spiro atoms. The van der Waals surface area contributed by atoms with Gasteiger partial charge >= 0.3 is 0 Å². The summed E-state index contributed by atoms with van der Waals surface area (Å²) >= 11 is 0. The van der Waals surface area contributed by atoms with Crippen molar-refractivity contribution >= 4 is 11.9 Å². The van der Waals surface area contributed by atoms with Gasteiger partial charge in [0.2, 0.25) is 11.8 Å². The van der Waals surface area contributed by atoms with Crippen LogP contribution in [0.15, 0.2) is 6.20 Å². The second-order valence-electron chi connectivity index (χ2n) is 5.13. The molecule has 3 heterocycles. The first-order chi connectivity index (χ1) is 11.1. The van der Waals surface area contributed by atoms with Crippen LogP contribution in [-0.2, 0) is 7.05 Å². The van der Waals surface area contributed by atoms with Crippen molar-refractivity contribution < 1.29 is 9.18 Å². The lowest BCUT2D eigenvalue weighted by molar-refractivity contribution is 0.0639. The largest absolute Gasteiger partial charge is 0.353 e. The predicted octanol–water partition coefficient (Wildman–Crippen LogP) is -0.372. The molecule has 0 unspecified atom stereocenters. The average Bonchev–Trinajstić information content (AvgIpc) is 2.86. The van der Waals surface area contributed by atoms with Crippen LogP contribution in [0.4, 0.5) is 10.3 Å². The molecular weight excluding hydrogens is 303 g/mol. The van der Waals surface area contributed by atoms with Crippen molar-refractivity contribution in [1.82, 2.24) is 29.6 Å². The van der Waals surface area contributed by atoms with Gasteiger partial charge in [-0.05, 0) is 6.42 Å². The maximum absolute atomic E-state index is 14.0. The number of anilines is 1. The van der Waals surface area contributed by atoms with Crippen LogP contribution in [0.2, 0.25) is 0 Å². The molecule has 2 aromatic rings. The zero-order valence-electron chi connectivity index (χ0n) is 12.7. The molecule has 0 bridgehead atoms. The molecule has 3 rings (SSSR count). The van der Waals surface area contributed by atoms with E-state index in [-0.39, 0.29) is 29.2 Å². The molecule has 1 aliphatic rings. The van der Waals surface area contributed by atoms with Gasteiger partial charge in [0.25, 0.3) is 5.91 Å². The minimum absolute atomic E-state index is 0.0165. The molecule has 0 saturated carbocycles. The van der Waals surface area contributed by atoms with E-state index in [4.69, 9.17) is 5.73 Å². The maximum Gasteiger partial charge on any atom is 0.293 e. The van der Waals surface area contributed by atoms with Crippen molar-refractivity contribution in [3.63, 3.8) is 0 Å². The first-order valence-electron chi connectivity index (χ1n) is 7.27. The molecular formula is C13H17FN8O. The first-order valence-corrected chi connectivity index (χ1v) is 7.27. The quantitative estimate of drug-likeness (QED) is 0.772. The molecule has 9 nitrogen and oxygen atoms in total. The Morgan fingerprint density at radius 3 is 2.87 bits per heavy atom. The summed E-state index contributed by atoms with van der Waals surface area (Å²) in [6.07, 6.45) is 2.02.